The van der Waals surface area contributed by atoms with Gasteiger partial charge in [-0.15, -0.1) is 22.3 Å². The van der Waals surface area contributed by atoms with Crippen LogP contribution in [0.1, 0.15) is 27.8 Å². The van der Waals surface area contributed by atoms with Crippen molar-refractivity contribution >= 4 is 9.69 Å². The molecule has 0 spiro atoms. The summed E-state index contributed by atoms with van der Waals surface area (Å²) in [5.74, 6) is 0. The number of halogens is 1. The molecule has 0 atom stereocenters. The topological polar surface area (TPSA) is 0 Å². The Hall–Kier alpha value is 0.00338. The molecule has 2 heteroatoms. The fraction of sp³-hybridized carbons (Fsp3) is 0.364. The molecule has 1 aromatic carbocycles. The van der Waals surface area contributed by atoms with Crippen LogP contribution >= 0.6 is 9.69 Å². The van der Waals surface area contributed by atoms with Gasteiger partial charge < -0.3 is 0 Å². The predicted octanol–water partition coefficient (Wildman–Crippen LogP) is 3.79. The van der Waals surface area contributed by atoms with Gasteiger partial charge in [0, 0.05) is 0 Å². The average molecular weight is 248 g/mol. The van der Waals surface area contributed by atoms with Gasteiger partial charge in [-0.2, -0.15) is 12.5 Å². The number of hydrogen-bond donors (Lipinski definition) is 0. The summed E-state index contributed by atoms with van der Waals surface area (Å²) in [5.41, 5.74) is 6.54. The number of hydrogen-bond acceptors (Lipinski definition) is 0. The first-order valence-corrected chi connectivity index (χ1v) is 8.10. The summed E-state index contributed by atoms with van der Waals surface area (Å²) in [5, 5.41) is 0. The Morgan fingerprint density at radius 1 is 1.00 bits per heavy atom. The summed E-state index contributed by atoms with van der Waals surface area (Å²) in [7, 11) is 4.76. The van der Waals surface area contributed by atoms with Crippen LogP contribution in [0.4, 0.5) is 0 Å². The van der Waals surface area contributed by atoms with Crippen molar-refractivity contribution in [3.8, 4) is 0 Å². The Balaban J connectivity index is 0.000000671. The Morgan fingerprint density at radius 2 is 1.31 bits per heavy atom. The van der Waals surface area contributed by atoms with E-state index >= 15 is 0 Å². The fourth-order valence-corrected chi connectivity index (χ4v) is 1.30. The molecule has 0 radical (unpaired) electrons. The van der Waals surface area contributed by atoms with Crippen molar-refractivity contribution in [2.75, 3.05) is 0 Å². The maximum absolute atomic E-state index is 4.76. The van der Waals surface area contributed by atoms with Crippen LogP contribution in [0.5, 0.6) is 0 Å². The molecule has 1 rings (SSSR count). The predicted molar refractivity (Wildman–Crippen MR) is 55.7 cm³/mol. The third kappa shape index (κ3) is 3.00. The van der Waals surface area contributed by atoms with E-state index in [1.807, 2.05) is 0 Å². The molecule has 1 aromatic rings. The van der Waals surface area contributed by atoms with E-state index in [0.717, 1.165) is 17.3 Å². The van der Waals surface area contributed by atoms with E-state index in [0.29, 0.717) is 0 Å². The summed E-state index contributed by atoms with van der Waals surface area (Å²) in [4.78, 5) is 0. The molecule has 68 valence electrons. The molecule has 0 heterocycles. The Bertz CT molecular complexity index is 266. The minimum atomic E-state index is 0.847. The van der Waals surface area contributed by atoms with Crippen LogP contribution in [0.2, 0.25) is 0 Å². The van der Waals surface area contributed by atoms with E-state index in [2.05, 4.69) is 40.7 Å². The molecule has 0 bridgehead atoms. The van der Waals surface area contributed by atoms with Crippen LogP contribution < -0.4 is 0 Å². The first-order chi connectivity index (χ1) is 6.04. The summed E-state index contributed by atoms with van der Waals surface area (Å²) in [6.07, 6.45) is 0. The quantitative estimate of drug-likeness (QED) is 0.484. The fourth-order valence-electron chi connectivity index (χ4n) is 1.30. The third-order valence-corrected chi connectivity index (χ3v) is 2.52. The van der Waals surface area contributed by atoms with E-state index in [1.54, 1.807) is 0 Å². The van der Waals surface area contributed by atoms with Crippen LogP contribution in [-0.2, 0) is 17.3 Å². The molecule has 0 aliphatic heterocycles. The molecule has 0 aliphatic rings. The molecule has 0 N–H and O–H groups in total. The second kappa shape index (κ2) is 5.67. The zero-order valence-electron chi connectivity index (χ0n) is 8.87. The molecule has 0 saturated heterocycles. The Morgan fingerprint density at radius 3 is 1.62 bits per heavy atom. The van der Waals surface area contributed by atoms with Gasteiger partial charge in [0.1, 0.15) is 0 Å². The summed E-state index contributed by atoms with van der Waals surface area (Å²) in [6, 6.07) is 2.22. The molecular formula is C11H15ClZn. The molecule has 13 heavy (non-hydrogen) atoms. The Labute approximate surface area is 95.4 Å². The van der Waals surface area contributed by atoms with E-state index in [4.69, 9.17) is 9.69 Å². The molecule has 0 unspecified atom stereocenters. The Kier molecular flexibility index (Phi) is 5.68. The summed E-state index contributed by atoms with van der Waals surface area (Å²) in [6.45, 7) is 12.6. The van der Waals surface area contributed by atoms with E-state index in [-0.39, 0.29) is 0 Å². The van der Waals surface area contributed by atoms with Crippen LogP contribution in [0.3, 0.4) is 0 Å². The summed E-state index contributed by atoms with van der Waals surface area (Å²) < 4.78 is 0. The summed E-state index contributed by atoms with van der Waals surface area (Å²) >= 11 is 0.847. The van der Waals surface area contributed by atoms with Crippen LogP contribution in [0.25, 0.3) is 0 Å². The number of rotatable bonds is 0. The molecule has 0 saturated carbocycles. The maximum atomic E-state index is 4.76. The van der Waals surface area contributed by atoms with Gasteiger partial charge in [0.25, 0.3) is 0 Å². The van der Waals surface area contributed by atoms with Gasteiger partial charge in [0.2, 0.25) is 0 Å². The molecule has 0 aromatic heterocycles. The van der Waals surface area contributed by atoms with Gasteiger partial charge in [-0.3, -0.25) is 0 Å². The SMILES string of the molecule is [CH2-]c1c(C)c(C)cc(C)c1C.[Cl][Zn+]. The van der Waals surface area contributed by atoms with Crippen molar-refractivity contribution in [1.82, 2.24) is 0 Å². The minimum absolute atomic E-state index is 0.847. The van der Waals surface area contributed by atoms with E-state index in [9.17, 15) is 0 Å². The first-order valence-electron chi connectivity index (χ1n) is 4.20. The van der Waals surface area contributed by atoms with Crippen molar-refractivity contribution in [2.24, 2.45) is 0 Å². The first kappa shape index (κ1) is 13.0. The van der Waals surface area contributed by atoms with Crippen LogP contribution in [0.15, 0.2) is 6.07 Å². The molecule has 0 nitrogen and oxygen atoms in total. The standard InChI is InChI=1S/C11H15.ClH.Zn/c1-7-6-8(2)10(4)11(5)9(7)3;;/h6H,5H2,1-4H3;1H;/q-1;;+2/p-1. The van der Waals surface area contributed by atoms with Crippen molar-refractivity contribution in [2.45, 2.75) is 27.7 Å². The average Bonchev–Trinajstić information content (AvgIpc) is 2.15. The van der Waals surface area contributed by atoms with Gasteiger partial charge in [-0.1, -0.05) is 33.8 Å². The monoisotopic (exact) mass is 246 g/mol. The van der Waals surface area contributed by atoms with Crippen LogP contribution in [0, 0.1) is 34.6 Å². The normalized spacial score (nSPS) is 9.15. The molecular weight excluding hydrogens is 233 g/mol. The zero-order chi connectivity index (χ0) is 10.6. The van der Waals surface area contributed by atoms with E-state index < -0.39 is 0 Å². The second-order valence-electron chi connectivity index (χ2n) is 3.24. The molecule has 0 fully saturated rings. The van der Waals surface area contributed by atoms with E-state index in [1.165, 1.54) is 27.8 Å². The third-order valence-electron chi connectivity index (χ3n) is 2.52. The number of benzene rings is 1. The molecule has 0 amide bonds. The second-order valence-corrected chi connectivity index (χ2v) is 3.24. The zero-order valence-corrected chi connectivity index (χ0v) is 12.6. The van der Waals surface area contributed by atoms with Gasteiger partial charge in [0.05, 0.1) is 0 Å². The van der Waals surface area contributed by atoms with Crippen molar-refractivity contribution < 1.29 is 17.3 Å². The van der Waals surface area contributed by atoms with Gasteiger partial charge in [0.15, 0.2) is 0 Å². The van der Waals surface area contributed by atoms with Gasteiger partial charge in [-0.25, -0.2) is 0 Å². The van der Waals surface area contributed by atoms with Crippen molar-refractivity contribution in [1.29, 1.82) is 0 Å². The van der Waals surface area contributed by atoms with Crippen molar-refractivity contribution in [3.63, 3.8) is 0 Å². The van der Waals surface area contributed by atoms with Gasteiger partial charge in [-0.05, 0) is 0 Å². The van der Waals surface area contributed by atoms with Crippen LogP contribution in [-0.4, -0.2) is 0 Å². The van der Waals surface area contributed by atoms with Gasteiger partial charge >= 0.3 is 27.0 Å². The number of aryl methyl sites for hydroxylation is 2. The van der Waals surface area contributed by atoms with Crippen molar-refractivity contribution in [3.05, 3.63) is 40.8 Å². The molecule has 0 aliphatic carbocycles.